The number of hydrogen-bond acceptors (Lipinski definition) is 0. The second-order valence-corrected chi connectivity index (χ2v) is 4.31. The predicted molar refractivity (Wildman–Crippen MR) is 56.7 cm³/mol. The number of hydrogen-bond donors (Lipinski definition) is 2. The molecule has 2 heteroatoms. The number of nitrogens with one attached hydrogen (secondary N) is 1. The molecule has 2 nitrogen and oxygen atoms in total. The molecule has 1 aliphatic rings. The van der Waals surface area contributed by atoms with Crippen LogP contribution in [0.4, 0.5) is 0 Å². The van der Waals surface area contributed by atoms with Crippen molar-refractivity contribution in [1.82, 2.24) is 0 Å². The highest BCUT2D eigenvalue weighted by atomic mass is 15.1. The second kappa shape index (κ2) is 4.58. The van der Waals surface area contributed by atoms with Crippen LogP contribution < -0.4 is 10.6 Å². The molecule has 2 rings (SSSR count). The highest BCUT2D eigenvalue weighted by molar-refractivity contribution is 5.13. The molecule has 1 saturated heterocycles. The van der Waals surface area contributed by atoms with E-state index in [-0.39, 0.29) is 0 Å². The van der Waals surface area contributed by atoms with Crippen LogP contribution in [0.1, 0.15) is 12.0 Å². The van der Waals surface area contributed by atoms with Crippen molar-refractivity contribution in [2.75, 3.05) is 19.6 Å². The number of benzene rings is 1. The van der Waals surface area contributed by atoms with Crippen LogP contribution in [0.2, 0.25) is 0 Å². The lowest BCUT2D eigenvalue weighted by atomic mass is 10.1. The molecule has 0 bridgehead atoms. The third-order valence-corrected chi connectivity index (χ3v) is 3.19. The fourth-order valence-electron chi connectivity index (χ4n) is 2.31. The minimum Gasteiger partial charge on any atom is -0.357 e. The first-order valence-corrected chi connectivity index (χ1v) is 5.55. The third-order valence-electron chi connectivity index (χ3n) is 3.19. The summed E-state index contributed by atoms with van der Waals surface area (Å²) in [5, 5.41) is 0. The van der Waals surface area contributed by atoms with Gasteiger partial charge in [0.05, 0.1) is 25.6 Å². The minimum absolute atomic E-state index is 0.869. The van der Waals surface area contributed by atoms with Crippen molar-refractivity contribution < 1.29 is 10.6 Å². The molecule has 1 unspecified atom stereocenters. The molecule has 1 fully saturated rings. The van der Waals surface area contributed by atoms with Gasteiger partial charge in [0, 0.05) is 12.0 Å². The molecule has 4 N–H and O–H groups in total. The summed E-state index contributed by atoms with van der Waals surface area (Å²) in [5.41, 5.74) is 5.46. The summed E-state index contributed by atoms with van der Waals surface area (Å²) in [6, 6.07) is 10.8. The Kier molecular flexibility index (Phi) is 3.17. The molecule has 0 aliphatic carbocycles. The molecule has 2 atom stereocenters. The zero-order valence-corrected chi connectivity index (χ0v) is 8.71. The molecular weight excluding hydrogens is 172 g/mol. The van der Waals surface area contributed by atoms with E-state index in [1.54, 1.807) is 4.90 Å². The summed E-state index contributed by atoms with van der Waals surface area (Å²) >= 11 is 0. The van der Waals surface area contributed by atoms with Gasteiger partial charge in [0.2, 0.25) is 0 Å². The number of likely N-dealkylation sites (tertiary alicyclic amines) is 1. The third kappa shape index (κ3) is 2.34. The van der Waals surface area contributed by atoms with E-state index >= 15 is 0 Å². The highest BCUT2D eigenvalue weighted by Gasteiger charge is 2.25. The molecule has 0 saturated carbocycles. The monoisotopic (exact) mass is 192 g/mol. The first-order chi connectivity index (χ1) is 6.88. The van der Waals surface area contributed by atoms with Gasteiger partial charge in [0.1, 0.15) is 6.54 Å². The largest absolute Gasteiger partial charge is 0.357 e. The van der Waals surface area contributed by atoms with Crippen LogP contribution in [-0.2, 0) is 6.54 Å². The van der Waals surface area contributed by atoms with Crippen LogP contribution in [0.3, 0.4) is 0 Å². The van der Waals surface area contributed by atoms with Gasteiger partial charge >= 0.3 is 0 Å². The van der Waals surface area contributed by atoms with E-state index < -0.39 is 0 Å². The molecule has 0 radical (unpaired) electrons. The lowest BCUT2D eigenvalue weighted by molar-refractivity contribution is -0.903. The molecule has 0 amide bonds. The molecule has 1 heterocycles. The Bertz CT molecular complexity index is 271. The average molecular weight is 192 g/mol. The zero-order valence-electron chi connectivity index (χ0n) is 8.71. The Morgan fingerprint density at radius 1 is 1.29 bits per heavy atom. The fraction of sp³-hybridized carbons (Fsp3) is 0.500. The van der Waals surface area contributed by atoms with Crippen molar-refractivity contribution in [2.45, 2.75) is 13.0 Å². The maximum Gasteiger partial charge on any atom is 0.103 e. The van der Waals surface area contributed by atoms with E-state index in [0.717, 1.165) is 12.5 Å². The summed E-state index contributed by atoms with van der Waals surface area (Å²) in [6.45, 7) is 4.95. The van der Waals surface area contributed by atoms with E-state index in [0.29, 0.717) is 0 Å². The second-order valence-electron chi connectivity index (χ2n) is 4.31. The standard InChI is InChI=1S/C12H18N2/c13-8-12-6-7-14(10-12)9-11-4-2-1-3-5-11/h1-5,12H,6-10,13H2/p+2/t12-/m0/s1. The van der Waals surface area contributed by atoms with Gasteiger partial charge in [-0.1, -0.05) is 30.3 Å². The maximum absolute atomic E-state index is 4.00. The smallest absolute Gasteiger partial charge is 0.103 e. The summed E-state index contributed by atoms with van der Waals surface area (Å²) in [5.74, 6) is 0.869. The Morgan fingerprint density at radius 3 is 2.71 bits per heavy atom. The average Bonchev–Trinajstić information content (AvgIpc) is 2.67. The first-order valence-electron chi connectivity index (χ1n) is 5.55. The van der Waals surface area contributed by atoms with Gasteiger partial charge in [-0.05, 0) is 0 Å². The Labute approximate surface area is 85.7 Å². The molecule has 76 valence electrons. The van der Waals surface area contributed by atoms with Gasteiger partial charge in [0.25, 0.3) is 0 Å². The summed E-state index contributed by atoms with van der Waals surface area (Å²) < 4.78 is 0. The SMILES string of the molecule is [NH3+]C[C@@H]1CC[NH+](Cc2ccccc2)C1. The van der Waals surface area contributed by atoms with Crippen LogP contribution in [-0.4, -0.2) is 19.6 Å². The normalized spacial score (nSPS) is 26.6. The van der Waals surface area contributed by atoms with Gasteiger partial charge in [0.15, 0.2) is 0 Å². The summed E-state index contributed by atoms with van der Waals surface area (Å²) in [6.07, 6.45) is 1.37. The molecule has 14 heavy (non-hydrogen) atoms. The van der Waals surface area contributed by atoms with Gasteiger partial charge in [-0.2, -0.15) is 0 Å². The van der Waals surface area contributed by atoms with E-state index in [2.05, 4.69) is 36.1 Å². The van der Waals surface area contributed by atoms with Gasteiger partial charge in [-0.15, -0.1) is 0 Å². The Morgan fingerprint density at radius 2 is 2.07 bits per heavy atom. The molecular formula is C12H20N2+2. The maximum atomic E-state index is 4.00. The van der Waals surface area contributed by atoms with Gasteiger partial charge in [-0.3, -0.25) is 0 Å². The van der Waals surface area contributed by atoms with Gasteiger partial charge in [-0.25, -0.2) is 0 Å². The topological polar surface area (TPSA) is 32.1 Å². The van der Waals surface area contributed by atoms with Gasteiger partial charge < -0.3 is 10.6 Å². The van der Waals surface area contributed by atoms with Crippen molar-refractivity contribution in [3.63, 3.8) is 0 Å². The summed E-state index contributed by atoms with van der Waals surface area (Å²) in [4.78, 5) is 1.73. The Balaban J connectivity index is 1.88. The van der Waals surface area contributed by atoms with E-state index in [1.807, 2.05) is 0 Å². The number of quaternary nitrogens is 2. The molecule has 1 aliphatic heterocycles. The molecule has 0 aromatic heterocycles. The predicted octanol–water partition coefficient (Wildman–Crippen LogP) is -0.667. The van der Waals surface area contributed by atoms with Crippen molar-refractivity contribution in [3.8, 4) is 0 Å². The minimum atomic E-state index is 0.869. The van der Waals surface area contributed by atoms with E-state index in [9.17, 15) is 0 Å². The first kappa shape index (κ1) is 9.69. The van der Waals surface area contributed by atoms with Crippen LogP contribution in [0, 0.1) is 5.92 Å². The van der Waals surface area contributed by atoms with Crippen LogP contribution in [0.25, 0.3) is 0 Å². The van der Waals surface area contributed by atoms with Crippen molar-refractivity contribution in [1.29, 1.82) is 0 Å². The fourth-order valence-corrected chi connectivity index (χ4v) is 2.31. The zero-order chi connectivity index (χ0) is 9.80. The van der Waals surface area contributed by atoms with Crippen molar-refractivity contribution in [3.05, 3.63) is 35.9 Å². The molecule has 1 aromatic rings. The van der Waals surface area contributed by atoms with Crippen molar-refractivity contribution >= 4 is 0 Å². The lowest BCUT2D eigenvalue weighted by Crippen LogP contribution is -3.09. The summed E-state index contributed by atoms with van der Waals surface area (Å²) in [7, 11) is 0. The lowest BCUT2D eigenvalue weighted by Gasteiger charge is -2.12. The highest BCUT2D eigenvalue weighted by Crippen LogP contribution is 2.02. The number of rotatable bonds is 3. The van der Waals surface area contributed by atoms with E-state index in [4.69, 9.17) is 0 Å². The van der Waals surface area contributed by atoms with Crippen LogP contribution in [0.5, 0.6) is 0 Å². The molecule has 0 spiro atoms. The quantitative estimate of drug-likeness (QED) is 0.637. The Hall–Kier alpha value is -0.860. The van der Waals surface area contributed by atoms with Crippen LogP contribution >= 0.6 is 0 Å². The molecule has 1 aromatic carbocycles. The van der Waals surface area contributed by atoms with Crippen LogP contribution in [0.15, 0.2) is 30.3 Å². The van der Waals surface area contributed by atoms with Crippen molar-refractivity contribution in [2.24, 2.45) is 5.92 Å². The van der Waals surface area contributed by atoms with E-state index in [1.165, 1.54) is 31.6 Å².